The summed E-state index contributed by atoms with van der Waals surface area (Å²) in [6.07, 6.45) is 1.73. The van der Waals surface area contributed by atoms with E-state index in [-0.39, 0.29) is 0 Å². The molecular weight excluding hydrogens is 414 g/mol. The van der Waals surface area contributed by atoms with E-state index in [1.807, 2.05) is 42.5 Å². The number of aromatic nitrogens is 3. The van der Waals surface area contributed by atoms with Gasteiger partial charge in [-0.15, -0.1) is 0 Å². The topological polar surface area (TPSA) is 41.6 Å². The fourth-order valence-electron chi connectivity index (χ4n) is 1.93. The molecule has 1 aromatic carbocycles. The lowest BCUT2D eigenvalue weighted by atomic mass is 10.1. The lowest BCUT2D eigenvalue weighted by Crippen LogP contribution is -1.95. The number of pyridine rings is 1. The second-order valence-corrected chi connectivity index (χ2v) is 6.52. The third kappa shape index (κ3) is 3.28. The van der Waals surface area contributed by atoms with Gasteiger partial charge in [0, 0.05) is 20.8 Å². The first kappa shape index (κ1) is 14.6. The summed E-state index contributed by atoms with van der Waals surface area (Å²) in [5, 5.41) is 0. The minimum Gasteiger partial charge on any atom is -0.338 e. The van der Waals surface area contributed by atoms with Crippen LogP contribution >= 0.6 is 44.1 Å². The summed E-state index contributed by atoms with van der Waals surface area (Å²) in [5.41, 5.74) is 2.70. The molecule has 2 aromatic heterocycles. The molecule has 21 heavy (non-hydrogen) atoms. The zero-order valence-electron chi connectivity index (χ0n) is 10.7. The predicted molar refractivity (Wildman–Crippen MR) is 93.5 cm³/mol. The largest absolute Gasteiger partial charge is 0.338 e. The molecular formula is C15H9Br2N3S. The standard InChI is InChI=1S/C15H9Br2N3S/c16-10-6-11(17)14(18-8-10)15-19-12(7-13(21)20-15)9-4-2-1-3-5-9/h1-8H,(H,19,20,21). The summed E-state index contributed by atoms with van der Waals surface area (Å²) < 4.78 is 2.27. The first-order chi connectivity index (χ1) is 10.1. The average molecular weight is 423 g/mol. The highest BCUT2D eigenvalue weighted by molar-refractivity contribution is 9.11. The number of hydrogen-bond donors (Lipinski definition) is 1. The van der Waals surface area contributed by atoms with Crippen LogP contribution in [0, 0.1) is 4.64 Å². The van der Waals surface area contributed by atoms with Crippen molar-refractivity contribution < 1.29 is 0 Å². The molecule has 6 heteroatoms. The van der Waals surface area contributed by atoms with Crippen LogP contribution in [0.5, 0.6) is 0 Å². The van der Waals surface area contributed by atoms with Crippen LogP contribution in [0.2, 0.25) is 0 Å². The van der Waals surface area contributed by atoms with Crippen LogP contribution in [-0.2, 0) is 0 Å². The fraction of sp³-hybridized carbons (Fsp3) is 0. The Bertz CT molecular complexity index is 847. The van der Waals surface area contributed by atoms with E-state index in [0.717, 1.165) is 25.9 Å². The SMILES string of the molecule is S=c1cc(-c2ccccc2)[nH]c(-c2ncc(Br)cc2Br)n1. The van der Waals surface area contributed by atoms with Gasteiger partial charge in [0.05, 0.1) is 0 Å². The van der Waals surface area contributed by atoms with Gasteiger partial charge >= 0.3 is 0 Å². The molecule has 0 saturated carbocycles. The lowest BCUT2D eigenvalue weighted by molar-refractivity contribution is 1.12. The van der Waals surface area contributed by atoms with Crippen molar-refractivity contribution in [1.29, 1.82) is 0 Å². The van der Waals surface area contributed by atoms with Gasteiger partial charge in [0.15, 0.2) is 5.82 Å². The van der Waals surface area contributed by atoms with Crippen LogP contribution in [0.4, 0.5) is 0 Å². The molecule has 0 amide bonds. The Morgan fingerprint density at radius 2 is 1.81 bits per heavy atom. The van der Waals surface area contributed by atoms with Crippen molar-refractivity contribution in [2.24, 2.45) is 0 Å². The van der Waals surface area contributed by atoms with Gasteiger partial charge in [-0.3, -0.25) is 4.98 Å². The van der Waals surface area contributed by atoms with E-state index in [0.29, 0.717) is 10.5 Å². The van der Waals surface area contributed by atoms with Crippen LogP contribution in [0.25, 0.3) is 22.8 Å². The maximum absolute atomic E-state index is 5.27. The van der Waals surface area contributed by atoms with E-state index in [2.05, 4.69) is 46.8 Å². The molecule has 0 fully saturated rings. The Kier molecular flexibility index (Phi) is 4.28. The maximum Gasteiger partial charge on any atom is 0.159 e. The second kappa shape index (κ2) is 6.17. The molecule has 1 N–H and O–H groups in total. The predicted octanol–water partition coefficient (Wildman–Crippen LogP) is 5.39. The monoisotopic (exact) mass is 421 g/mol. The molecule has 0 saturated heterocycles. The molecule has 0 atom stereocenters. The quantitative estimate of drug-likeness (QED) is 0.562. The van der Waals surface area contributed by atoms with Gasteiger partial charge < -0.3 is 4.98 Å². The molecule has 0 aliphatic heterocycles. The summed E-state index contributed by atoms with van der Waals surface area (Å²) in [6, 6.07) is 13.8. The van der Waals surface area contributed by atoms with Crippen LogP contribution in [0.1, 0.15) is 0 Å². The third-order valence-corrected chi connectivity index (χ3v) is 4.11. The zero-order valence-corrected chi connectivity index (χ0v) is 14.7. The van der Waals surface area contributed by atoms with Crippen molar-refractivity contribution in [2.75, 3.05) is 0 Å². The van der Waals surface area contributed by atoms with Crippen molar-refractivity contribution >= 4 is 44.1 Å². The minimum atomic E-state index is 0.527. The van der Waals surface area contributed by atoms with Crippen LogP contribution in [-0.4, -0.2) is 15.0 Å². The number of hydrogen-bond acceptors (Lipinski definition) is 3. The number of nitrogens with one attached hydrogen (secondary N) is 1. The Morgan fingerprint density at radius 3 is 2.52 bits per heavy atom. The zero-order chi connectivity index (χ0) is 14.8. The van der Waals surface area contributed by atoms with E-state index >= 15 is 0 Å². The van der Waals surface area contributed by atoms with Crippen molar-refractivity contribution in [3.8, 4) is 22.8 Å². The van der Waals surface area contributed by atoms with E-state index < -0.39 is 0 Å². The van der Waals surface area contributed by atoms with Crippen molar-refractivity contribution in [2.45, 2.75) is 0 Å². The Labute approximate surface area is 143 Å². The molecule has 0 aliphatic carbocycles. The van der Waals surface area contributed by atoms with Gasteiger partial charge in [-0.1, -0.05) is 42.5 Å². The van der Waals surface area contributed by atoms with Crippen LogP contribution in [0.3, 0.4) is 0 Å². The van der Waals surface area contributed by atoms with Gasteiger partial charge in [0.1, 0.15) is 10.3 Å². The number of nitrogens with zero attached hydrogens (tertiary/aromatic N) is 2. The third-order valence-electron chi connectivity index (χ3n) is 2.86. The van der Waals surface area contributed by atoms with Crippen LogP contribution in [0.15, 0.2) is 57.6 Å². The second-order valence-electron chi connectivity index (χ2n) is 4.33. The molecule has 0 bridgehead atoms. The van der Waals surface area contributed by atoms with Gasteiger partial charge in [-0.05, 0) is 49.6 Å². The van der Waals surface area contributed by atoms with E-state index in [9.17, 15) is 0 Å². The van der Waals surface area contributed by atoms with Gasteiger partial charge in [-0.2, -0.15) is 0 Å². The molecule has 104 valence electrons. The van der Waals surface area contributed by atoms with Crippen molar-refractivity contribution in [3.63, 3.8) is 0 Å². The van der Waals surface area contributed by atoms with Crippen molar-refractivity contribution in [3.05, 3.63) is 62.2 Å². The van der Waals surface area contributed by atoms with Crippen LogP contribution < -0.4 is 0 Å². The summed E-state index contributed by atoms with van der Waals surface area (Å²) >= 11 is 12.2. The lowest BCUT2D eigenvalue weighted by Gasteiger charge is -2.07. The highest BCUT2D eigenvalue weighted by Crippen LogP contribution is 2.27. The average Bonchev–Trinajstić information content (AvgIpc) is 2.47. The molecule has 0 radical (unpaired) electrons. The molecule has 2 heterocycles. The highest BCUT2D eigenvalue weighted by Gasteiger charge is 2.09. The number of aromatic amines is 1. The first-order valence-corrected chi connectivity index (χ1v) is 8.11. The summed E-state index contributed by atoms with van der Waals surface area (Å²) in [5.74, 6) is 0.640. The number of rotatable bonds is 2. The van der Waals surface area contributed by atoms with E-state index in [1.165, 1.54) is 0 Å². The molecule has 0 spiro atoms. The normalized spacial score (nSPS) is 10.6. The molecule has 3 nitrogen and oxygen atoms in total. The molecule has 0 unspecified atom stereocenters. The smallest absolute Gasteiger partial charge is 0.159 e. The van der Waals surface area contributed by atoms with Gasteiger partial charge in [-0.25, -0.2) is 4.98 Å². The number of benzene rings is 1. The van der Waals surface area contributed by atoms with E-state index in [4.69, 9.17) is 12.2 Å². The van der Waals surface area contributed by atoms with Crippen molar-refractivity contribution in [1.82, 2.24) is 15.0 Å². The fourth-order valence-corrected chi connectivity index (χ4v) is 3.32. The van der Waals surface area contributed by atoms with Gasteiger partial charge in [0.2, 0.25) is 0 Å². The summed E-state index contributed by atoms with van der Waals surface area (Å²) in [6.45, 7) is 0. The Morgan fingerprint density at radius 1 is 1.05 bits per heavy atom. The van der Waals surface area contributed by atoms with E-state index in [1.54, 1.807) is 6.20 Å². The molecule has 3 aromatic rings. The Hall–Kier alpha value is -1.37. The summed E-state index contributed by atoms with van der Waals surface area (Å²) in [4.78, 5) is 12.1. The highest BCUT2D eigenvalue weighted by atomic mass is 79.9. The summed E-state index contributed by atoms with van der Waals surface area (Å²) in [7, 11) is 0. The minimum absolute atomic E-state index is 0.527. The molecule has 3 rings (SSSR count). The maximum atomic E-state index is 5.27. The number of halogens is 2. The Balaban J connectivity index is 2.16. The molecule has 0 aliphatic rings. The number of H-pyrrole nitrogens is 1. The van der Waals surface area contributed by atoms with Gasteiger partial charge in [0.25, 0.3) is 0 Å². The first-order valence-electron chi connectivity index (χ1n) is 6.12.